The topological polar surface area (TPSA) is 148 Å². The second-order valence-corrected chi connectivity index (χ2v) is 10.3. The third-order valence-corrected chi connectivity index (χ3v) is 6.92. The summed E-state index contributed by atoms with van der Waals surface area (Å²) in [6.07, 6.45) is 2.74. The highest BCUT2D eigenvalue weighted by Gasteiger charge is 2.46. The number of ether oxygens (including phenoxy) is 1. The van der Waals surface area contributed by atoms with Crippen molar-refractivity contribution in [3.63, 3.8) is 0 Å². The Morgan fingerprint density at radius 2 is 1.79 bits per heavy atom. The molecular weight excluding hydrogens is 548 g/mol. The molecule has 2 aromatic carbocycles. The molecule has 11 nitrogen and oxygen atoms in total. The van der Waals surface area contributed by atoms with Crippen LogP contribution in [0, 0.1) is 18.6 Å². The Bertz CT molecular complexity index is 1950. The minimum Gasteiger partial charge on any atom is -0.436 e. The third-order valence-electron chi connectivity index (χ3n) is 6.92. The highest BCUT2D eigenvalue weighted by Crippen LogP contribution is 2.32. The van der Waals surface area contributed by atoms with Crippen LogP contribution < -0.4 is 20.7 Å². The number of para-hydroxylation sites is 1. The van der Waals surface area contributed by atoms with Crippen LogP contribution >= 0.6 is 0 Å². The highest BCUT2D eigenvalue weighted by atomic mass is 19.1. The van der Waals surface area contributed by atoms with Gasteiger partial charge in [-0.05, 0) is 56.7 Å². The van der Waals surface area contributed by atoms with Crippen molar-refractivity contribution in [1.29, 1.82) is 0 Å². The summed E-state index contributed by atoms with van der Waals surface area (Å²) in [4.78, 5) is 46.4. The van der Waals surface area contributed by atoms with E-state index in [1.165, 1.54) is 55.2 Å². The number of amides is 3. The van der Waals surface area contributed by atoms with Crippen LogP contribution in [-0.4, -0.2) is 43.0 Å². The minimum absolute atomic E-state index is 0.0214. The number of aromatic nitrogens is 4. The largest absolute Gasteiger partial charge is 0.436 e. The number of H-pyrrole nitrogens is 1. The summed E-state index contributed by atoms with van der Waals surface area (Å²) in [5, 5.41) is 7.11. The number of carbonyl (C=O) groups is 3. The molecule has 212 valence electrons. The number of nitrogens with zero attached hydrogens (tertiary/aromatic N) is 4. The third kappa shape index (κ3) is 4.31. The van der Waals surface area contributed by atoms with E-state index in [9.17, 15) is 18.8 Å². The molecule has 0 radical (unpaired) electrons. The Morgan fingerprint density at radius 1 is 1.02 bits per heavy atom. The molecule has 1 aliphatic heterocycles. The lowest BCUT2D eigenvalue weighted by molar-refractivity contribution is -0.121. The number of aryl methyl sites for hydroxylation is 1. The summed E-state index contributed by atoms with van der Waals surface area (Å²) in [5.74, 6) is -2.25. The molecule has 0 atom stereocenters. The Balaban J connectivity index is 1.29. The van der Waals surface area contributed by atoms with Crippen LogP contribution in [-0.2, 0) is 4.79 Å². The number of pyridine rings is 1. The van der Waals surface area contributed by atoms with Crippen molar-refractivity contribution in [2.75, 3.05) is 10.6 Å². The number of hydrogen-bond donors (Lipinski definition) is 3. The zero-order chi connectivity index (χ0) is 29.9. The van der Waals surface area contributed by atoms with Crippen LogP contribution in [0.3, 0.4) is 0 Å². The van der Waals surface area contributed by atoms with Crippen LogP contribution in [0.1, 0.15) is 35.5 Å². The number of nitrogens with two attached hydrogens (primary N) is 1. The number of nitrogens with one attached hydrogen (secondary N) is 2. The van der Waals surface area contributed by atoms with Crippen molar-refractivity contribution < 1.29 is 27.9 Å². The number of aromatic amines is 1. The molecule has 4 N–H and O–H groups in total. The van der Waals surface area contributed by atoms with Gasteiger partial charge < -0.3 is 20.8 Å². The van der Waals surface area contributed by atoms with Gasteiger partial charge in [0.2, 0.25) is 11.7 Å². The van der Waals surface area contributed by atoms with Gasteiger partial charge in [-0.1, -0.05) is 12.1 Å². The number of imide groups is 1. The lowest BCUT2D eigenvalue weighted by Gasteiger charge is -2.16. The van der Waals surface area contributed by atoms with Crippen molar-refractivity contribution in [3.05, 3.63) is 89.4 Å². The van der Waals surface area contributed by atoms with Crippen molar-refractivity contribution >= 4 is 40.1 Å². The van der Waals surface area contributed by atoms with Gasteiger partial charge in [0.25, 0.3) is 5.91 Å². The molecule has 5 aromatic rings. The first-order valence-electron chi connectivity index (χ1n) is 12.7. The molecule has 13 heteroatoms. The van der Waals surface area contributed by atoms with Crippen molar-refractivity contribution in [2.45, 2.75) is 26.3 Å². The summed E-state index contributed by atoms with van der Waals surface area (Å²) in [6, 6.07) is 10.7. The van der Waals surface area contributed by atoms with Crippen molar-refractivity contribution in [3.8, 4) is 17.3 Å². The molecular formula is C29H23F2N7O4. The Morgan fingerprint density at radius 3 is 2.48 bits per heavy atom. The number of anilines is 2. The van der Waals surface area contributed by atoms with Gasteiger partial charge >= 0.3 is 6.03 Å². The van der Waals surface area contributed by atoms with Gasteiger partial charge in [0, 0.05) is 17.0 Å². The smallest absolute Gasteiger partial charge is 0.329 e. The average molecular weight is 572 g/mol. The number of urea groups is 1. The van der Waals surface area contributed by atoms with E-state index >= 15 is 4.39 Å². The van der Waals surface area contributed by atoms with Gasteiger partial charge in [-0.3, -0.25) is 9.59 Å². The van der Waals surface area contributed by atoms with E-state index in [0.29, 0.717) is 22.2 Å². The molecule has 0 spiro atoms. The summed E-state index contributed by atoms with van der Waals surface area (Å²) in [6.45, 7) is 4.79. The first kappa shape index (κ1) is 26.6. The molecule has 0 saturated carbocycles. The summed E-state index contributed by atoms with van der Waals surface area (Å²) >= 11 is 0. The number of hydrogen-bond acceptors (Lipinski definition) is 7. The van der Waals surface area contributed by atoms with Crippen LogP contribution in [0.15, 0.2) is 60.9 Å². The Kier molecular flexibility index (Phi) is 6.03. The zero-order valence-corrected chi connectivity index (χ0v) is 22.5. The molecule has 0 aliphatic carbocycles. The minimum atomic E-state index is -1.19. The van der Waals surface area contributed by atoms with Crippen molar-refractivity contribution in [1.82, 2.24) is 25.1 Å². The fourth-order valence-electron chi connectivity index (χ4n) is 4.71. The summed E-state index contributed by atoms with van der Waals surface area (Å²) in [7, 11) is 0. The number of ketones is 1. The zero-order valence-electron chi connectivity index (χ0n) is 22.5. The molecule has 6 rings (SSSR count). The molecule has 4 heterocycles. The lowest BCUT2D eigenvalue weighted by atomic mass is 10.1. The van der Waals surface area contributed by atoms with Gasteiger partial charge in [-0.2, -0.15) is 5.10 Å². The molecule has 1 saturated heterocycles. The number of halogens is 2. The van der Waals surface area contributed by atoms with E-state index in [2.05, 4.69) is 20.4 Å². The van der Waals surface area contributed by atoms with E-state index in [4.69, 9.17) is 10.5 Å². The predicted molar refractivity (Wildman–Crippen MR) is 149 cm³/mol. The summed E-state index contributed by atoms with van der Waals surface area (Å²) < 4.78 is 35.9. The SMILES string of the molecule is Cc1cc(Oc2ccccc2F)ncc1-n1ncc(C(=O)c2cc3cc(F)c(N4C(=O)NC(C)(C)C4=O)cc3[nH]2)c1N. The monoisotopic (exact) mass is 571 g/mol. The van der Waals surface area contributed by atoms with Gasteiger partial charge in [0.15, 0.2) is 11.6 Å². The van der Waals surface area contributed by atoms with Gasteiger partial charge in [-0.15, -0.1) is 0 Å². The first-order valence-corrected chi connectivity index (χ1v) is 12.7. The second-order valence-electron chi connectivity index (χ2n) is 10.3. The average Bonchev–Trinajstić information content (AvgIpc) is 3.58. The van der Waals surface area contributed by atoms with Gasteiger partial charge in [0.05, 0.1) is 35.0 Å². The maximum Gasteiger partial charge on any atom is 0.329 e. The molecule has 42 heavy (non-hydrogen) atoms. The maximum atomic E-state index is 15.0. The quantitative estimate of drug-likeness (QED) is 0.196. The summed E-state index contributed by atoms with van der Waals surface area (Å²) in [5.41, 5.74) is 6.49. The number of rotatable bonds is 6. The number of nitrogen functional groups attached to an aromatic ring is 1. The van der Waals surface area contributed by atoms with E-state index in [1.54, 1.807) is 25.1 Å². The predicted octanol–water partition coefficient (Wildman–Crippen LogP) is 4.78. The molecule has 1 fully saturated rings. The first-order chi connectivity index (χ1) is 19.9. The lowest BCUT2D eigenvalue weighted by Crippen LogP contribution is -2.40. The maximum absolute atomic E-state index is 15.0. The van der Waals surface area contributed by atoms with Gasteiger partial charge in [0.1, 0.15) is 17.2 Å². The second kappa shape index (κ2) is 9.51. The molecule has 3 amide bonds. The molecule has 0 unspecified atom stereocenters. The van der Waals surface area contributed by atoms with E-state index in [-0.39, 0.29) is 34.4 Å². The number of fused-ring (bicyclic) bond motifs is 1. The number of carbonyl (C=O) groups excluding carboxylic acids is 3. The van der Waals surface area contributed by atoms with E-state index in [1.807, 2.05) is 0 Å². The fraction of sp³-hybridized carbons (Fsp3) is 0.138. The Labute approximate surface area is 236 Å². The van der Waals surface area contributed by atoms with E-state index in [0.717, 1.165) is 11.0 Å². The standard InChI is InChI=1S/C29H23F2N7O4/c1-14-8-24(42-23-7-5-4-6-17(23)30)33-13-22(14)38-26(32)16(12-34-38)25(39)20-10-15-9-18(31)21(11-19(15)35-20)37-27(40)29(2,3)36-28(37)41/h4-13,35H,32H2,1-3H3,(H,36,41). The van der Waals surface area contributed by atoms with Crippen molar-refractivity contribution in [2.24, 2.45) is 0 Å². The van der Waals surface area contributed by atoms with Crippen LogP contribution in [0.25, 0.3) is 16.6 Å². The molecule has 0 bridgehead atoms. The highest BCUT2D eigenvalue weighted by molar-refractivity contribution is 6.23. The molecule has 3 aromatic heterocycles. The van der Waals surface area contributed by atoms with Crippen LogP contribution in [0.4, 0.5) is 25.1 Å². The molecule has 1 aliphatic rings. The number of benzene rings is 2. The van der Waals surface area contributed by atoms with E-state index < -0.39 is 34.9 Å². The normalized spacial score (nSPS) is 14.5. The van der Waals surface area contributed by atoms with Crippen LogP contribution in [0.2, 0.25) is 0 Å². The van der Waals surface area contributed by atoms with Gasteiger partial charge in [-0.25, -0.2) is 28.1 Å². The fourth-order valence-corrected chi connectivity index (χ4v) is 4.71. The van der Waals surface area contributed by atoms with Crippen LogP contribution in [0.5, 0.6) is 11.6 Å². The Hall–Kier alpha value is -5.59.